The van der Waals surface area contributed by atoms with E-state index >= 15 is 0 Å². The van der Waals surface area contributed by atoms with Gasteiger partial charge in [0.05, 0.1) is 12.8 Å². The van der Waals surface area contributed by atoms with Crippen molar-refractivity contribution in [3.8, 4) is 16.9 Å². The van der Waals surface area contributed by atoms with E-state index in [9.17, 15) is 0 Å². The molecule has 0 fully saturated rings. The molecule has 1 aromatic carbocycles. The van der Waals surface area contributed by atoms with Crippen molar-refractivity contribution >= 4 is 5.82 Å². The fourth-order valence-electron chi connectivity index (χ4n) is 2.03. The largest absolute Gasteiger partial charge is 0.496 e. The molecule has 0 amide bonds. The highest BCUT2D eigenvalue weighted by Crippen LogP contribution is 2.34. The second-order valence-corrected chi connectivity index (χ2v) is 4.52. The van der Waals surface area contributed by atoms with Crippen molar-refractivity contribution in [1.29, 1.82) is 0 Å². The molecule has 3 nitrogen and oxygen atoms in total. The predicted molar refractivity (Wildman–Crippen MR) is 74.7 cm³/mol. The van der Waals surface area contributed by atoms with Crippen LogP contribution in [0.4, 0.5) is 5.82 Å². The molecule has 0 aliphatic rings. The molecule has 2 aromatic rings. The van der Waals surface area contributed by atoms with Crippen molar-refractivity contribution < 1.29 is 4.74 Å². The van der Waals surface area contributed by atoms with E-state index in [1.54, 1.807) is 7.11 Å². The summed E-state index contributed by atoms with van der Waals surface area (Å²) in [4.78, 5) is 4.45. The van der Waals surface area contributed by atoms with Crippen molar-refractivity contribution in [2.75, 3.05) is 12.8 Å². The Bertz CT molecular complexity index is 550. The molecule has 0 aliphatic carbocycles. The monoisotopic (exact) mass is 242 g/mol. The summed E-state index contributed by atoms with van der Waals surface area (Å²) >= 11 is 0. The molecule has 0 saturated heterocycles. The van der Waals surface area contributed by atoms with Gasteiger partial charge in [-0.25, -0.2) is 4.98 Å². The Morgan fingerprint density at radius 2 is 1.78 bits per heavy atom. The van der Waals surface area contributed by atoms with Crippen molar-refractivity contribution in [2.24, 2.45) is 0 Å². The number of nitrogens with zero attached hydrogens (tertiary/aromatic N) is 1. The number of nitrogen functional groups attached to an aromatic ring is 1. The number of rotatable bonds is 3. The summed E-state index contributed by atoms with van der Waals surface area (Å²) in [5, 5.41) is 0. The second kappa shape index (κ2) is 5.08. The topological polar surface area (TPSA) is 48.1 Å². The summed E-state index contributed by atoms with van der Waals surface area (Å²) in [5.41, 5.74) is 8.90. The first-order chi connectivity index (χ1) is 8.63. The van der Waals surface area contributed by atoms with E-state index in [4.69, 9.17) is 10.5 Å². The molecule has 18 heavy (non-hydrogen) atoms. The Morgan fingerprint density at radius 1 is 1.06 bits per heavy atom. The highest BCUT2D eigenvalue weighted by atomic mass is 16.5. The van der Waals surface area contributed by atoms with E-state index < -0.39 is 0 Å². The summed E-state index contributed by atoms with van der Waals surface area (Å²) in [6.45, 7) is 4.22. The van der Waals surface area contributed by atoms with Crippen molar-refractivity contribution in [3.63, 3.8) is 0 Å². The van der Waals surface area contributed by atoms with Gasteiger partial charge in [0, 0.05) is 11.1 Å². The third-order valence-electron chi connectivity index (χ3n) is 2.89. The average molecular weight is 242 g/mol. The van der Waals surface area contributed by atoms with E-state index in [0.717, 1.165) is 22.6 Å². The van der Waals surface area contributed by atoms with Crippen LogP contribution >= 0.6 is 0 Å². The first kappa shape index (κ1) is 12.4. The Labute approximate surface area is 108 Å². The lowest BCUT2D eigenvalue weighted by Gasteiger charge is -2.15. The van der Waals surface area contributed by atoms with Crippen LogP contribution in [-0.2, 0) is 0 Å². The lowest BCUT2D eigenvalue weighted by atomic mass is 9.97. The molecule has 0 bridgehead atoms. The van der Waals surface area contributed by atoms with Gasteiger partial charge in [-0.05, 0) is 24.1 Å². The van der Waals surface area contributed by atoms with Crippen LogP contribution in [0.3, 0.4) is 0 Å². The van der Waals surface area contributed by atoms with Crippen LogP contribution in [0.5, 0.6) is 5.75 Å². The third kappa shape index (κ3) is 2.30. The number of para-hydroxylation sites is 1. The number of nitrogens with two attached hydrogens (primary N) is 1. The molecule has 2 N–H and O–H groups in total. The standard InChI is InChI=1S/C15H18N2O/c1-10(2)15-12(8-9-14(16)17-15)11-6-4-5-7-13(11)18-3/h4-10H,1-3H3,(H2,16,17). The van der Waals surface area contributed by atoms with Crippen LogP contribution in [0.15, 0.2) is 36.4 Å². The maximum Gasteiger partial charge on any atom is 0.126 e. The van der Waals surface area contributed by atoms with Gasteiger partial charge in [-0.1, -0.05) is 32.0 Å². The minimum atomic E-state index is 0.313. The van der Waals surface area contributed by atoms with E-state index in [2.05, 4.69) is 18.8 Å². The molecule has 0 atom stereocenters. The molecule has 2 rings (SSSR count). The number of aromatic nitrogens is 1. The van der Waals surface area contributed by atoms with E-state index in [-0.39, 0.29) is 0 Å². The number of benzene rings is 1. The van der Waals surface area contributed by atoms with Gasteiger partial charge in [-0.15, -0.1) is 0 Å². The van der Waals surface area contributed by atoms with E-state index in [1.807, 2.05) is 36.4 Å². The Hall–Kier alpha value is -2.03. The molecule has 0 radical (unpaired) electrons. The summed E-state index contributed by atoms with van der Waals surface area (Å²) in [6, 6.07) is 11.8. The number of anilines is 1. The number of pyridine rings is 1. The van der Waals surface area contributed by atoms with Gasteiger partial charge < -0.3 is 10.5 Å². The zero-order chi connectivity index (χ0) is 13.1. The predicted octanol–water partition coefficient (Wildman–Crippen LogP) is 3.46. The number of hydrogen-bond donors (Lipinski definition) is 1. The maximum atomic E-state index is 5.77. The molecule has 0 unspecified atom stereocenters. The van der Waals surface area contributed by atoms with Gasteiger partial charge in [0.1, 0.15) is 11.6 Å². The quantitative estimate of drug-likeness (QED) is 0.896. The van der Waals surface area contributed by atoms with Crippen LogP contribution in [0.25, 0.3) is 11.1 Å². The molecule has 0 saturated carbocycles. The third-order valence-corrected chi connectivity index (χ3v) is 2.89. The van der Waals surface area contributed by atoms with Crippen LogP contribution < -0.4 is 10.5 Å². The summed E-state index contributed by atoms with van der Waals surface area (Å²) in [7, 11) is 1.68. The van der Waals surface area contributed by atoms with Gasteiger partial charge in [-0.3, -0.25) is 0 Å². The van der Waals surface area contributed by atoms with Crippen molar-refractivity contribution in [3.05, 3.63) is 42.1 Å². The molecule has 94 valence electrons. The van der Waals surface area contributed by atoms with Gasteiger partial charge in [0.25, 0.3) is 0 Å². The Morgan fingerprint density at radius 3 is 2.44 bits per heavy atom. The zero-order valence-corrected chi connectivity index (χ0v) is 11.0. The second-order valence-electron chi connectivity index (χ2n) is 4.52. The first-order valence-electron chi connectivity index (χ1n) is 6.03. The number of hydrogen-bond acceptors (Lipinski definition) is 3. The van der Waals surface area contributed by atoms with Gasteiger partial charge >= 0.3 is 0 Å². The fraction of sp³-hybridized carbons (Fsp3) is 0.267. The SMILES string of the molecule is COc1ccccc1-c1ccc(N)nc1C(C)C. The molecule has 0 spiro atoms. The fourth-order valence-corrected chi connectivity index (χ4v) is 2.03. The normalized spacial score (nSPS) is 10.7. The van der Waals surface area contributed by atoms with Gasteiger partial charge in [0.2, 0.25) is 0 Å². The molecule has 1 aromatic heterocycles. The summed E-state index contributed by atoms with van der Waals surface area (Å²) < 4.78 is 5.41. The zero-order valence-electron chi connectivity index (χ0n) is 11.0. The number of ether oxygens (including phenoxy) is 1. The minimum absolute atomic E-state index is 0.313. The smallest absolute Gasteiger partial charge is 0.126 e. The minimum Gasteiger partial charge on any atom is -0.496 e. The molecular weight excluding hydrogens is 224 g/mol. The van der Waals surface area contributed by atoms with Gasteiger partial charge in [-0.2, -0.15) is 0 Å². The molecule has 0 aliphatic heterocycles. The van der Waals surface area contributed by atoms with Crippen LogP contribution in [-0.4, -0.2) is 12.1 Å². The molecular formula is C15H18N2O. The lowest BCUT2D eigenvalue weighted by molar-refractivity contribution is 0.416. The summed E-state index contributed by atoms with van der Waals surface area (Å²) in [6.07, 6.45) is 0. The lowest BCUT2D eigenvalue weighted by Crippen LogP contribution is -2.01. The highest BCUT2D eigenvalue weighted by Gasteiger charge is 2.13. The number of methoxy groups -OCH3 is 1. The van der Waals surface area contributed by atoms with Crippen molar-refractivity contribution in [1.82, 2.24) is 4.98 Å². The Kier molecular flexibility index (Phi) is 3.51. The molecule has 3 heteroatoms. The van der Waals surface area contributed by atoms with E-state index in [1.165, 1.54) is 0 Å². The average Bonchev–Trinajstić information content (AvgIpc) is 2.38. The first-order valence-corrected chi connectivity index (χ1v) is 6.03. The molecule has 1 heterocycles. The van der Waals surface area contributed by atoms with Crippen LogP contribution in [0, 0.1) is 0 Å². The van der Waals surface area contributed by atoms with Crippen LogP contribution in [0.2, 0.25) is 0 Å². The highest BCUT2D eigenvalue weighted by molar-refractivity contribution is 5.73. The van der Waals surface area contributed by atoms with Gasteiger partial charge in [0.15, 0.2) is 0 Å². The van der Waals surface area contributed by atoms with E-state index in [0.29, 0.717) is 11.7 Å². The van der Waals surface area contributed by atoms with Crippen molar-refractivity contribution in [2.45, 2.75) is 19.8 Å². The van der Waals surface area contributed by atoms with Crippen LogP contribution in [0.1, 0.15) is 25.5 Å². The summed E-state index contributed by atoms with van der Waals surface area (Å²) in [5.74, 6) is 1.72. The Balaban J connectivity index is 2.63. The maximum absolute atomic E-state index is 5.77.